The highest BCUT2D eigenvalue weighted by molar-refractivity contribution is 5.76. The van der Waals surface area contributed by atoms with Gasteiger partial charge in [0.05, 0.1) is 0 Å². The number of piperidine rings is 1. The highest BCUT2D eigenvalue weighted by atomic mass is 16.6. The van der Waals surface area contributed by atoms with Gasteiger partial charge in [0.1, 0.15) is 6.10 Å². The molecule has 0 radical (unpaired) electrons. The van der Waals surface area contributed by atoms with Crippen molar-refractivity contribution in [2.75, 3.05) is 7.05 Å². The van der Waals surface area contributed by atoms with Gasteiger partial charge in [-0.25, -0.2) is 4.79 Å². The van der Waals surface area contributed by atoms with Crippen LogP contribution in [0.1, 0.15) is 45.3 Å². The second-order valence-electron chi connectivity index (χ2n) is 6.49. The Morgan fingerprint density at radius 1 is 1.38 bits per heavy atom. The minimum absolute atomic E-state index is 0.111. The molecule has 0 amide bonds. The summed E-state index contributed by atoms with van der Waals surface area (Å²) in [5, 5.41) is 10.1. The molecule has 0 aromatic heterocycles. The number of hydrogen-bond donors (Lipinski definition) is 1. The third-order valence-corrected chi connectivity index (χ3v) is 4.75. The monoisotopic (exact) mass is 291 g/mol. The number of nitrogens with zero attached hydrogens (tertiary/aromatic N) is 1. The van der Waals surface area contributed by atoms with Crippen molar-refractivity contribution in [3.63, 3.8) is 0 Å². The molecule has 1 aromatic carbocycles. The number of likely N-dealkylation sites (tertiary alicyclic amines) is 1. The van der Waals surface area contributed by atoms with Crippen LogP contribution >= 0.6 is 0 Å². The maximum Gasteiger partial charge on any atom is 0.339 e. The summed E-state index contributed by atoms with van der Waals surface area (Å²) in [6.45, 7) is 6.45. The van der Waals surface area contributed by atoms with Crippen molar-refractivity contribution in [1.29, 1.82) is 0 Å². The van der Waals surface area contributed by atoms with Gasteiger partial charge >= 0.3 is 5.97 Å². The molecule has 0 unspecified atom stereocenters. The van der Waals surface area contributed by atoms with E-state index in [2.05, 4.69) is 32.7 Å². The van der Waals surface area contributed by atoms with Crippen LogP contribution in [0.15, 0.2) is 30.3 Å². The SMILES string of the molecule is C[C@@H]1[C@@H](OC(=O)[C@H](O)c2ccccc2)CCC(C)(C)N1C. The van der Waals surface area contributed by atoms with Gasteiger partial charge in [-0.05, 0) is 46.2 Å². The number of benzene rings is 1. The van der Waals surface area contributed by atoms with Crippen molar-refractivity contribution in [1.82, 2.24) is 4.90 Å². The van der Waals surface area contributed by atoms with E-state index in [4.69, 9.17) is 4.74 Å². The maximum absolute atomic E-state index is 12.1. The summed E-state index contributed by atoms with van der Waals surface area (Å²) in [4.78, 5) is 14.4. The Morgan fingerprint density at radius 2 is 2.00 bits per heavy atom. The quantitative estimate of drug-likeness (QED) is 0.869. The summed E-state index contributed by atoms with van der Waals surface area (Å²) in [6.07, 6.45) is 0.409. The molecular formula is C17H25NO3. The van der Waals surface area contributed by atoms with Crippen LogP contribution < -0.4 is 0 Å². The smallest absolute Gasteiger partial charge is 0.339 e. The average Bonchev–Trinajstić information content (AvgIpc) is 2.48. The Morgan fingerprint density at radius 3 is 2.62 bits per heavy atom. The first-order chi connectivity index (χ1) is 9.83. The fourth-order valence-corrected chi connectivity index (χ4v) is 2.86. The van der Waals surface area contributed by atoms with Crippen molar-refractivity contribution in [2.45, 2.75) is 57.4 Å². The van der Waals surface area contributed by atoms with Crippen molar-refractivity contribution >= 4 is 5.97 Å². The standard InChI is InChI=1S/C17H25NO3/c1-12-14(10-11-17(2,3)18(12)4)21-16(20)15(19)13-8-6-5-7-9-13/h5-9,12,14-15,19H,10-11H2,1-4H3/t12-,14+,15-/m1/s1. The van der Waals surface area contributed by atoms with Crippen molar-refractivity contribution in [3.05, 3.63) is 35.9 Å². The van der Waals surface area contributed by atoms with Crippen molar-refractivity contribution in [2.24, 2.45) is 0 Å². The van der Waals surface area contributed by atoms with Crippen molar-refractivity contribution < 1.29 is 14.6 Å². The van der Waals surface area contributed by atoms with E-state index in [0.29, 0.717) is 5.56 Å². The van der Waals surface area contributed by atoms with E-state index < -0.39 is 12.1 Å². The minimum Gasteiger partial charge on any atom is -0.459 e. The van der Waals surface area contributed by atoms with E-state index in [-0.39, 0.29) is 17.7 Å². The van der Waals surface area contributed by atoms with Gasteiger partial charge in [-0.2, -0.15) is 0 Å². The highest BCUT2D eigenvalue weighted by Crippen LogP contribution is 2.32. The molecule has 1 heterocycles. The molecule has 1 aromatic rings. The minimum atomic E-state index is -1.21. The Hall–Kier alpha value is -1.39. The number of esters is 1. The third-order valence-electron chi connectivity index (χ3n) is 4.75. The first-order valence-corrected chi connectivity index (χ1v) is 7.49. The number of likely N-dealkylation sites (N-methyl/N-ethyl adjacent to an activating group) is 1. The van der Waals surface area contributed by atoms with Crippen LogP contribution in [-0.4, -0.2) is 40.7 Å². The van der Waals surface area contributed by atoms with E-state index in [0.717, 1.165) is 12.8 Å². The van der Waals surface area contributed by atoms with Crippen LogP contribution in [-0.2, 0) is 9.53 Å². The number of hydrogen-bond acceptors (Lipinski definition) is 4. The Kier molecular flexibility index (Phi) is 4.69. The van der Waals surface area contributed by atoms with Crippen LogP contribution in [0.4, 0.5) is 0 Å². The normalized spacial score (nSPS) is 27.1. The van der Waals surface area contributed by atoms with Gasteiger partial charge in [-0.3, -0.25) is 4.90 Å². The lowest BCUT2D eigenvalue weighted by molar-refractivity contribution is -0.168. The number of carbonyl (C=O) groups excluding carboxylic acids is 1. The first-order valence-electron chi connectivity index (χ1n) is 7.49. The molecule has 1 saturated heterocycles. The molecule has 4 nitrogen and oxygen atoms in total. The van der Waals surface area contributed by atoms with Crippen LogP contribution in [0.5, 0.6) is 0 Å². The van der Waals surface area contributed by atoms with E-state index in [9.17, 15) is 9.90 Å². The maximum atomic E-state index is 12.1. The summed E-state index contributed by atoms with van der Waals surface area (Å²) in [6, 6.07) is 9.04. The predicted octanol–water partition coefficient (Wildman–Crippen LogP) is 2.52. The van der Waals surface area contributed by atoms with Gasteiger partial charge in [0.25, 0.3) is 0 Å². The summed E-state index contributed by atoms with van der Waals surface area (Å²) >= 11 is 0. The lowest BCUT2D eigenvalue weighted by Gasteiger charge is -2.47. The first kappa shape index (κ1) is 16.0. The van der Waals surface area contributed by atoms with Crippen LogP contribution in [0.3, 0.4) is 0 Å². The predicted molar refractivity (Wildman–Crippen MR) is 81.8 cm³/mol. The van der Waals surface area contributed by atoms with Crippen LogP contribution in [0.2, 0.25) is 0 Å². The fourth-order valence-electron chi connectivity index (χ4n) is 2.86. The van der Waals surface area contributed by atoms with E-state index >= 15 is 0 Å². The number of rotatable bonds is 3. The molecule has 0 bridgehead atoms. The van der Waals surface area contributed by atoms with Gasteiger partial charge in [-0.15, -0.1) is 0 Å². The lowest BCUT2D eigenvalue weighted by Crippen LogP contribution is -2.56. The van der Waals surface area contributed by atoms with Gasteiger partial charge < -0.3 is 9.84 Å². The lowest BCUT2D eigenvalue weighted by atomic mass is 9.85. The Bertz CT molecular complexity index is 486. The molecule has 116 valence electrons. The summed E-state index contributed by atoms with van der Waals surface area (Å²) in [5.41, 5.74) is 0.681. The van der Waals surface area contributed by atoms with Gasteiger partial charge in [0, 0.05) is 11.6 Å². The molecule has 3 atom stereocenters. The summed E-state index contributed by atoms with van der Waals surface area (Å²) in [5.74, 6) is -0.564. The topological polar surface area (TPSA) is 49.8 Å². The highest BCUT2D eigenvalue weighted by Gasteiger charge is 2.39. The Balaban J connectivity index is 2.00. The zero-order valence-corrected chi connectivity index (χ0v) is 13.2. The molecular weight excluding hydrogens is 266 g/mol. The van der Waals surface area contributed by atoms with E-state index in [1.807, 2.05) is 6.07 Å². The molecule has 1 aliphatic rings. The molecule has 1 fully saturated rings. The van der Waals surface area contributed by atoms with Crippen LogP contribution in [0, 0.1) is 0 Å². The average molecular weight is 291 g/mol. The van der Waals surface area contributed by atoms with Gasteiger partial charge in [0.15, 0.2) is 6.10 Å². The molecule has 21 heavy (non-hydrogen) atoms. The molecule has 0 saturated carbocycles. The number of aliphatic hydroxyl groups is 1. The fraction of sp³-hybridized carbons (Fsp3) is 0.588. The molecule has 1 aliphatic heterocycles. The third kappa shape index (κ3) is 3.44. The number of aliphatic hydroxyl groups excluding tert-OH is 1. The van der Waals surface area contributed by atoms with Gasteiger partial charge in [0.2, 0.25) is 0 Å². The largest absolute Gasteiger partial charge is 0.459 e. The van der Waals surface area contributed by atoms with Crippen LogP contribution in [0.25, 0.3) is 0 Å². The second kappa shape index (κ2) is 6.16. The molecule has 1 N–H and O–H groups in total. The van der Waals surface area contributed by atoms with E-state index in [1.165, 1.54) is 0 Å². The van der Waals surface area contributed by atoms with Gasteiger partial charge in [-0.1, -0.05) is 30.3 Å². The molecule has 2 rings (SSSR count). The van der Waals surface area contributed by atoms with E-state index in [1.54, 1.807) is 24.3 Å². The zero-order valence-electron chi connectivity index (χ0n) is 13.2. The molecule has 4 heteroatoms. The second-order valence-corrected chi connectivity index (χ2v) is 6.49. The molecule has 0 aliphatic carbocycles. The summed E-state index contributed by atoms with van der Waals surface area (Å²) < 4.78 is 5.55. The summed E-state index contributed by atoms with van der Waals surface area (Å²) in [7, 11) is 2.05. The number of carbonyl (C=O) groups is 1. The Labute approximate surface area is 126 Å². The van der Waals surface area contributed by atoms with Crippen molar-refractivity contribution in [3.8, 4) is 0 Å². The molecule has 0 spiro atoms. The zero-order chi connectivity index (χ0) is 15.6. The number of ether oxygens (including phenoxy) is 1.